The maximum atomic E-state index is 7.50. The molecule has 1 fully saturated rings. The molecule has 218 valence electrons. The zero-order valence-electron chi connectivity index (χ0n) is 25.2. The summed E-state index contributed by atoms with van der Waals surface area (Å²) in [4.78, 5) is 0. The minimum atomic E-state index is 0. The Bertz CT molecular complexity index is 771. The first-order valence-corrected chi connectivity index (χ1v) is 13.2. The van der Waals surface area contributed by atoms with E-state index in [1.54, 1.807) is 0 Å². The van der Waals surface area contributed by atoms with Gasteiger partial charge in [0.1, 0.15) is 0 Å². The topological polar surface area (TPSA) is 59.7 Å². The van der Waals surface area contributed by atoms with Crippen molar-refractivity contribution in [3.63, 3.8) is 0 Å². The monoisotopic (exact) mass is 668 g/mol. The standard InChI is InChI=1S/C16H21.2C8H12.3CO.Cr.Rh/c1-8-9(2)12(5)16-14(7)10(3)13(6)15(16)11(8)4;2*1-2-4-6-8-7-5-3-1;3*1-2;;/h1-7H3;2*1-2,7-8H,3-6H2;;;;;/b;2*2-1-,8-7-;;;;;. The molecule has 6 radical (unpaired) electrons. The predicted octanol–water partition coefficient (Wildman–Crippen LogP) is 9.85. The van der Waals surface area contributed by atoms with Crippen molar-refractivity contribution in [1.82, 2.24) is 0 Å². The summed E-state index contributed by atoms with van der Waals surface area (Å²) in [5, 5.41) is 0. The molecule has 0 aromatic carbocycles. The predicted molar refractivity (Wildman–Crippen MR) is 155 cm³/mol. The van der Waals surface area contributed by atoms with Gasteiger partial charge in [0.2, 0.25) is 0 Å². The molecule has 0 amide bonds. The largest absolute Gasteiger partial charge is 0 e. The molecule has 4 aliphatic rings. The van der Waals surface area contributed by atoms with E-state index >= 15 is 0 Å². The van der Waals surface area contributed by atoms with Crippen LogP contribution in [0.4, 0.5) is 0 Å². The molecule has 4 aliphatic carbocycles. The molecular formula is C35H45CrO3Rh. The first kappa shape index (κ1) is 45.8. The Morgan fingerprint density at radius 2 is 0.550 bits per heavy atom. The van der Waals surface area contributed by atoms with Gasteiger partial charge < -0.3 is 0 Å². The third kappa shape index (κ3) is 15.7. The van der Waals surface area contributed by atoms with Crippen LogP contribution in [0.2, 0.25) is 0 Å². The SMILES string of the molecule is C1=C\CC/C=C\CC/1.C1=C\CC/C=C\CC/1.C[C]1[C](C)[C]2[C]([C]1C)C(C)=C(C)C(C)=C2C.[C-]#[O+].[C-]#[O+].[C-]#[O+].[Cr].[Rh]. The van der Waals surface area contributed by atoms with E-state index in [2.05, 4.69) is 117 Å². The fourth-order valence-electron chi connectivity index (χ4n) is 4.62. The van der Waals surface area contributed by atoms with Crippen LogP contribution in [-0.2, 0) is 50.8 Å². The summed E-state index contributed by atoms with van der Waals surface area (Å²) in [7, 11) is 0. The number of rotatable bonds is 0. The van der Waals surface area contributed by atoms with E-state index in [1.807, 2.05) is 0 Å². The number of allylic oxidation sites excluding steroid dienone is 12. The van der Waals surface area contributed by atoms with Crippen LogP contribution in [0.25, 0.3) is 0 Å². The smallest absolute Gasteiger partial charge is 0 e. The van der Waals surface area contributed by atoms with Gasteiger partial charge in [-0.1, -0.05) is 80.5 Å². The summed E-state index contributed by atoms with van der Waals surface area (Å²) >= 11 is 0. The van der Waals surface area contributed by atoms with Gasteiger partial charge in [-0.25, -0.2) is 0 Å². The normalized spacial score (nSPS) is 22.2. The first-order chi connectivity index (χ1) is 18.4. The fourth-order valence-corrected chi connectivity index (χ4v) is 4.62. The van der Waals surface area contributed by atoms with Gasteiger partial charge in [0.25, 0.3) is 0 Å². The van der Waals surface area contributed by atoms with Gasteiger partial charge in [0, 0.05) is 48.7 Å². The molecule has 0 heterocycles. The van der Waals surface area contributed by atoms with E-state index in [9.17, 15) is 0 Å². The van der Waals surface area contributed by atoms with E-state index < -0.39 is 0 Å². The van der Waals surface area contributed by atoms with Crippen molar-refractivity contribution in [3.05, 3.63) is 120 Å². The van der Waals surface area contributed by atoms with Crippen molar-refractivity contribution in [2.45, 2.75) is 99.8 Å². The van der Waals surface area contributed by atoms with Crippen molar-refractivity contribution >= 4 is 0 Å². The van der Waals surface area contributed by atoms with Crippen molar-refractivity contribution < 1.29 is 50.8 Å². The summed E-state index contributed by atoms with van der Waals surface area (Å²) in [5.41, 5.74) is 5.84. The average Bonchev–Trinajstić information content (AvgIpc) is 3.14. The molecule has 0 aliphatic heterocycles. The molecule has 0 aromatic heterocycles. The summed E-state index contributed by atoms with van der Waals surface area (Å²) in [6, 6.07) is 0. The van der Waals surface area contributed by atoms with Crippen molar-refractivity contribution in [1.29, 1.82) is 0 Å². The molecule has 0 atom stereocenters. The summed E-state index contributed by atoms with van der Waals surface area (Å²) in [6.45, 7) is 29.3. The Balaban J connectivity index is -0.000000232. The van der Waals surface area contributed by atoms with Crippen LogP contribution >= 0.6 is 0 Å². The number of hydrogen-bond donors (Lipinski definition) is 0. The molecular weight excluding hydrogens is 623 g/mol. The molecule has 0 N–H and O–H groups in total. The van der Waals surface area contributed by atoms with Crippen LogP contribution in [-0.4, -0.2) is 0 Å². The van der Waals surface area contributed by atoms with Gasteiger partial charge in [-0.2, -0.15) is 0 Å². The first-order valence-electron chi connectivity index (χ1n) is 13.2. The summed E-state index contributed by atoms with van der Waals surface area (Å²) in [6.07, 6.45) is 28.0. The second-order valence-corrected chi connectivity index (χ2v) is 9.32. The molecule has 0 saturated heterocycles. The minimum Gasteiger partial charge on any atom is 0 e. The summed E-state index contributed by atoms with van der Waals surface area (Å²) < 4.78 is 22.5. The van der Waals surface area contributed by atoms with Crippen molar-refractivity contribution in [2.75, 3.05) is 0 Å². The molecule has 3 nitrogen and oxygen atoms in total. The maximum Gasteiger partial charge on any atom is 0 e. The van der Waals surface area contributed by atoms with Gasteiger partial charge in [0.15, 0.2) is 0 Å². The van der Waals surface area contributed by atoms with E-state index in [4.69, 9.17) is 14.0 Å². The van der Waals surface area contributed by atoms with Crippen LogP contribution in [0.1, 0.15) is 99.8 Å². The molecule has 5 heteroatoms. The number of fused-ring (bicyclic) bond motifs is 1. The maximum absolute atomic E-state index is 7.50. The average molecular weight is 669 g/mol. The molecule has 40 heavy (non-hydrogen) atoms. The Hall–Kier alpha value is -1.18. The Morgan fingerprint density at radius 3 is 0.725 bits per heavy atom. The minimum absolute atomic E-state index is 0. The molecule has 0 aromatic rings. The molecule has 0 spiro atoms. The molecule has 4 rings (SSSR count). The Morgan fingerprint density at radius 1 is 0.375 bits per heavy atom. The Kier molecular flexibility index (Phi) is 33.6. The van der Waals surface area contributed by atoms with Crippen LogP contribution in [0, 0.1) is 49.5 Å². The zero-order valence-corrected chi connectivity index (χ0v) is 28.2. The van der Waals surface area contributed by atoms with E-state index in [0.717, 1.165) is 0 Å². The molecule has 0 bridgehead atoms. The van der Waals surface area contributed by atoms with Crippen molar-refractivity contribution in [2.24, 2.45) is 0 Å². The molecule has 0 unspecified atom stereocenters. The third-order valence-electron chi connectivity index (χ3n) is 7.23. The van der Waals surface area contributed by atoms with Crippen molar-refractivity contribution in [3.8, 4) is 0 Å². The van der Waals surface area contributed by atoms with Crippen LogP contribution in [0.3, 0.4) is 0 Å². The van der Waals surface area contributed by atoms with Crippen LogP contribution < -0.4 is 0 Å². The fraction of sp³-hybridized carbons (Fsp3) is 0.429. The Labute approximate surface area is 269 Å². The number of hydrogen-bond acceptors (Lipinski definition) is 0. The van der Waals surface area contributed by atoms with E-state index in [1.165, 1.54) is 103 Å². The van der Waals surface area contributed by atoms with E-state index in [0.29, 0.717) is 0 Å². The second-order valence-electron chi connectivity index (χ2n) is 9.32. The zero-order chi connectivity index (χ0) is 29.5. The van der Waals surface area contributed by atoms with E-state index in [-0.39, 0.29) is 36.8 Å². The van der Waals surface area contributed by atoms with Gasteiger partial charge in [-0.3, -0.25) is 0 Å². The van der Waals surface area contributed by atoms with Gasteiger partial charge in [-0.05, 0) is 108 Å². The van der Waals surface area contributed by atoms with Gasteiger partial charge >= 0.3 is 33.9 Å². The third-order valence-corrected chi connectivity index (χ3v) is 7.23. The summed E-state index contributed by atoms with van der Waals surface area (Å²) in [5.74, 6) is 7.39. The second kappa shape index (κ2) is 29.3. The quantitative estimate of drug-likeness (QED) is 0.107. The van der Waals surface area contributed by atoms with Gasteiger partial charge in [0.05, 0.1) is 0 Å². The van der Waals surface area contributed by atoms with Crippen LogP contribution in [0.15, 0.2) is 70.9 Å². The van der Waals surface area contributed by atoms with Gasteiger partial charge in [-0.15, -0.1) is 0 Å². The van der Waals surface area contributed by atoms with Crippen LogP contribution in [0.5, 0.6) is 0 Å². The molecule has 1 saturated carbocycles.